The fourth-order valence-corrected chi connectivity index (χ4v) is 1.19. The molecule has 14 heavy (non-hydrogen) atoms. The molecule has 0 heterocycles. The molecule has 0 spiro atoms. The maximum absolute atomic E-state index is 11.1. The van der Waals surface area contributed by atoms with E-state index in [4.69, 9.17) is 10.4 Å². The van der Waals surface area contributed by atoms with Crippen LogP contribution in [-0.2, 0) is 14.5 Å². The molecule has 0 saturated carbocycles. The summed E-state index contributed by atoms with van der Waals surface area (Å²) < 4.78 is 0. The van der Waals surface area contributed by atoms with Gasteiger partial charge in [-0.1, -0.05) is 27.4 Å². The summed E-state index contributed by atoms with van der Waals surface area (Å²) in [5.41, 5.74) is -0.966. The summed E-state index contributed by atoms with van der Waals surface area (Å²) in [4.78, 5) is 25.3. The predicted octanol–water partition coefficient (Wildman–Crippen LogP) is 1.31. The van der Waals surface area contributed by atoms with E-state index in [1.807, 2.05) is 0 Å². The van der Waals surface area contributed by atoms with Crippen molar-refractivity contribution in [2.75, 3.05) is 0 Å². The summed E-state index contributed by atoms with van der Waals surface area (Å²) in [5, 5.41) is 16.9. The highest BCUT2D eigenvalue weighted by atomic mass is 17.1. The van der Waals surface area contributed by atoms with Crippen LogP contribution in [0.15, 0.2) is 12.2 Å². The number of carbonyl (C=O) groups is 2. The molecule has 0 radical (unpaired) electrons. The molecule has 1 atom stereocenters. The van der Waals surface area contributed by atoms with Gasteiger partial charge in [0.1, 0.15) is 0 Å². The first-order chi connectivity index (χ1) is 6.21. The highest BCUT2D eigenvalue weighted by molar-refractivity contribution is 5.94. The summed E-state index contributed by atoms with van der Waals surface area (Å²) >= 11 is 0. The molecule has 0 aliphatic heterocycles. The molecule has 0 saturated heterocycles. The average Bonchev–Trinajstić information content (AvgIpc) is 2.01. The Morgan fingerprint density at radius 2 is 1.79 bits per heavy atom. The molecule has 1 unspecified atom stereocenters. The van der Waals surface area contributed by atoms with Crippen LogP contribution in [0.4, 0.5) is 0 Å². The van der Waals surface area contributed by atoms with Crippen molar-refractivity contribution in [3.05, 3.63) is 12.2 Å². The van der Waals surface area contributed by atoms with E-state index in [0.29, 0.717) is 0 Å². The SMILES string of the molecule is C=C(C(=O)O)C(C(=O)OO)C(C)(C)C. The lowest BCUT2D eigenvalue weighted by Gasteiger charge is -2.27. The normalized spacial score (nSPS) is 13.1. The van der Waals surface area contributed by atoms with E-state index in [1.165, 1.54) is 0 Å². The average molecular weight is 202 g/mol. The van der Waals surface area contributed by atoms with Gasteiger partial charge in [0.05, 0.1) is 5.92 Å². The Kier molecular flexibility index (Phi) is 3.82. The highest BCUT2D eigenvalue weighted by Crippen LogP contribution is 2.32. The van der Waals surface area contributed by atoms with Gasteiger partial charge in [0.15, 0.2) is 0 Å². The smallest absolute Gasteiger partial charge is 0.350 e. The quantitative estimate of drug-likeness (QED) is 0.409. The minimum atomic E-state index is -1.28. The van der Waals surface area contributed by atoms with E-state index >= 15 is 0 Å². The van der Waals surface area contributed by atoms with E-state index in [1.54, 1.807) is 20.8 Å². The summed E-state index contributed by atoms with van der Waals surface area (Å²) in [6, 6.07) is 0. The van der Waals surface area contributed by atoms with Crippen molar-refractivity contribution in [2.45, 2.75) is 20.8 Å². The fourth-order valence-electron chi connectivity index (χ4n) is 1.19. The van der Waals surface area contributed by atoms with Gasteiger partial charge in [-0.25, -0.2) is 9.59 Å². The standard InChI is InChI=1S/C9H14O5/c1-5(7(10)11)6(8(12)14-13)9(2,3)4/h6,13H,1H2,2-4H3,(H,10,11). The Hall–Kier alpha value is -1.36. The molecule has 0 fully saturated rings. The minimum Gasteiger partial charge on any atom is -0.478 e. The number of carbonyl (C=O) groups excluding carboxylic acids is 1. The van der Waals surface area contributed by atoms with Gasteiger partial charge < -0.3 is 9.99 Å². The van der Waals surface area contributed by atoms with Crippen molar-refractivity contribution in [3.8, 4) is 0 Å². The van der Waals surface area contributed by atoms with Crippen molar-refractivity contribution in [1.29, 1.82) is 0 Å². The van der Waals surface area contributed by atoms with Crippen LogP contribution in [0.1, 0.15) is 20.8 Å². The van der Waals surface area contributed by atoms with Crippen molar-refractivity contribution in [2.24, 2.45) is 11.3 Å². The Balaban J connectivity index is 5.02. The predicted molar refractivity (Wildman–Crippen MR) is 48.4 cm³/mol. The van der Waals surface area contributed by atoms with Crippen molar-refractivity contribution >= 4 is 11.9 Å². The first-order valence-corrected chi connectivity index (χ1v) is 3.99. The lowest BCUT2D eigenvalue weighted by atomic mass is 9.76. The lowest BCUT2D eigenvalue weighted by Crippen LogP contribution is -2.33. The van der Waals surface area contributed by atoms with Crippen LogP contribution < -0.4 is 0 Å². The first-order valence-electron chi connectivity index (χ1n) is 3.99. The van der Waals surface area contributed by atoms with Gasteiger partial charge in [0.2, 0.25) is 0 Å². The number of hydrogen-bond acceptors (Lipinski definition) is 4. The van der Waals surface area contributed by atoms with E-state index in [9.17, 15) is 9.59 Å². The molecule has 0 aliphatic rings. The van der Waals surface area contributed by atoms with Crippen LogP contribution in [-0.4, -0.2) is 22.3 Å². The van der Waals surface area contributed by atoms with Gasteiger partial charge in [-0.05, 0) is 5.41 Å². The fraction of sp³-hybridized carbons (Fsp3) is 0.556. The highest BCUT2D eigenvalue weighted by Gasteiger charge is 2.38. The van der Waals surface area contributed by atoms with Crippen LogP contribution in [0.2, 0.25) is 0 Å². The Morgan fingerprint density at radius 1 is 1.36 bits per heavy atom. The first kappa shape index (κ1) is 12.6. The minimum absolute atomic E-state index is 0.295. The molecule has 2 N–H and O–H groups in total. The molecule has 0 bridgehead atoms. The topological polar surface area (TPSA) is 83.8 Å². The van der Waals surface area contributed by atoms with Gasteiger partial charge in [-0.2, -0.15) is 5.26 Å². The molecule has 5 heteroatoms. The molecule has 0 rings (SSSR count). The van der Waals surface area contributed by atoms with Gasteiger partial charge in [-0.15, -0.1) is 0 Å². The molecule has 5 nitrogen and oxygen atoms in total. The Morgan fingerprint density at radius 3 is 2.00 bits per heavy atom. The van der Waals surface area contributed by atoms with Crippen molar-refractivity contribution in [1.82, 2.24) is 0 Å². The zero-order valence-electron chi connectivity index (χ0n) is 8.40. The van der Waals surface area contributed by atoms with E-state index < -0.39 is 23.3 Å². The zero-order chi connectivity index (χ0) is 11.5. The molecule has 0 aromatic rings. The summed E-state index contributed by atoms with van der Waals surface area (Å²) in [7, 11) is 0. The van der Waals surface area contributed by atoms with Crippen LogP contribution in [0.3, 0.4) is 0 Å². The Labute approximate surface area is 81.9 Å². The van der Waals surface area contributed by atoms with Gasteiger partial charge >= 0.3 is 11.9 Å². The van der Waals surface area contributed by atoms with E-state index in [2.05, 4.69) is 11.5 Å². The van der Waals surface area contributed by atoms with Crippen LogP contribution >= 0.6 is 0 Å². The zero-order valence-corrected chi connectivity index (χ0v) is 8.40. The number of carboxylic acid groups (broad SMARTS) is 1. The molecule has 0 aromatic heterocycles. The van der Waals surface area contributed by atoms with Crippen LogP contribution in [0, 0.1) is 11.3 Å². The largest absolute Gasteiger partial charge is 0.478 e. The van der Waals surface area contributed by atoms with Crippen LogP contribution in [0.5, 0.6) is 0 Å². The third-order valence-corrected chi connectivity index (χ3v) is 1.81. The van der Waals surface area contributed by atoms with E-state index in [0.717, 1.165) is 0 Å². The molecular weight excluding hydrogens is 188 g/mol. The maximum Gasteiger partial charge on any atom is 0.350 e. The van der Waals surface area contributed by atoms with Gasteiger partial charge in [-0.3, -0.25) is 0 Å². The number of rotatable bonds is 3. The van der Waals surface area contributed by atoms with Crippen LogP contribution in [0.25, 0.3) is 0 Å². The number of carboxylic acids is 1. The van der Waals surface area contributed by atoms with Crippen molar-refractivity contribution in [3.63, 3.8) is 0 Å². The summed E-state index contributed by atoms with van der Waals surface area (Å²) in [5.74, 6) is -3.36. The Bertz CT molecular complexity index is 261. The second-order valence-electron chi connectivity index (χ2n) is 4.04. The van der Waals surface area contributed by atoms with Gasteiger partial charge in [0.25, 0.3) is 0 Å². The third-order valence-electron chi connectivity index (χ3n) is 1.81. The second kappa shape index (κ2) is 4.23. The van der Waals surface area contributed by atoms with Gasteiger partial charge in [0, 0.05) is 5.57 Å². The number of hydrogen-bond donors (Lipinski definition) is 2. The van der Waals surface area contributed by atoms with Crippen molar-refractivity contribution < 1.29 is 24.8 Å². The number of aliphatic carboxylic acids is 1. The molecule has 0 aromatic carbocycles. The maximum atomic E-state index is 11.1. The molecule has 0 amide bonds. The lowest BCUT2D eigenvalue weighted by molar-refractivity contribution is -0.240. The summed E-state index contributed by atoms with van der Waals surface area (Å²) in [6.45, 7) is 8.24. The molecule has 0 aliphatic carbocycles. The monoisotopic (exact) mass is 202 g/mol. The summed E-state index contributed by atoms with van der Waals surface area (Å²) in [6.07, 6.45) is 0. The third kappa shape index (κ3) is 2.85. The van der Waals surface area contributed by atoms with E-state index in [-0.39, 0.29) is 5.57 Å². The molecular formula is C9H14O5. The molecule has 80 valence electrons. The second-order valence-corrected chi connectivity index (χ2v) is 4.04.